The smallest absolute Gasteiger partial charge is 0.00741 e. The summed E-state index contributed by atoms with van der Waals surface area (Å²) < 4.78 is 0. The van der Waals surface area contributed by atoms with Crippen LogP contribution in [0.25, 0.3) is 6.08 Å². The molecule has 114 valence electrons. The van der Waals surface area contributed by atoms with Crippen LogP contribution in [-0.4, -0.2) is 6.54 Å². The maximum Gasteiger partial charge on any atom is -0.00741 e. The van der Waals surface area contributed by atoms with E-state index in [0.29, 0.717) is 5.41 Å². The second-order valence-electron chi connectivity index (χ2n) is 6.90. The van der Waals surface area contributed by atoms with Crippen LogP contribution < -0.4 is 5.73 Å². The zero-order valence-corrected chi connectivity index (χ0v) is 13.8. The van der Waals surface area contributed by atoms with Crippen molar-refractivity contribution >= 4 is 6.08 Å². The van der Waals surface area contributed by atoms with Crippen LogP contribution in [0.15, 0.2) is 41.5 Å². The van der Waals surface area contributed by atoms with E-state index in [1.165, 1.54) is 36.0 Å². The Morgan fingerprint density at radius 3 is 2.76 bits per heavy atom. The number of benzene rings is 1. The van der Waals surface area contributed by atoms with Gasteiger partial charge in [-0.1, -0.05) is 55.8 Å². The molecule has 0 saturated carbocycles. The van der Waals surface area contributed by atoms with Crippen molar-refractivity contribution in [2.45, 2.75) is 52.9 Å². The second kappa shape index (κ2) is 7.09. The Morgan fingerprint density at radius 1 is 1.24 bits per heavy atom. The van der Waals surface area contributed by atoms with Crippen LogP contribution in [0, 0.1) is 5.41 Å². The van der Waals surface area contributed by atoms with Crippen molar-refractivity contribution < 1.29 is 0 Å². The summed E-state index contributed by atoms with van der Waals surface area (Å²) in [6.07, 6.45) is 10.6. The van der Waals surface area contributed by atoms with Crippen molar-refractivity contribution in [1.82, 2.24) is 0 Å². The molecule has 1 nitrogen and oxygen atoms in total. The summed E-state index contributed by atoms with van der Waals surface area (Å²) in [5.74, 6) is 0. The SMILES string of the molecule is CC1=C(C=Cc2cccc(CCCN)c2)C(C)(C)CCC1. The van der Waals surface area contributed by atoms with Gasteiger partial charge >= 0.3 is 0 Å². The molecule has 0 bridgehead atoms. The molecule has 2 rings (SSSR count). The molecule has 1 aromatic carbocycles. The fraction of sp³-hybridized carbons (Fsp3) is 0.500. The fourth-order valence-electron chi connectivity index (χ4n) is 3.35. The summed E-state index contributed by atoms with van der Waals surface area (Å²) in [5.41, 5.74) is 11.7. The minimum Gasteiger partial charge on any atom is -0.330 e. The lowest BCUT2D eigenvalue weighted by atomic mass is 9.72. The van der Waals surface area contributed by atoms with Gasteiger partial charge in [-0.3, -0.25) is 0 Å². The Hall–Kier alpha value is -1.34. The molecule has 2 N–H and O–H groups in total. The van der Waals surface area contributed by atoms with Gasteiger partial charge in [0.1, 0.15) is 0 Å². The molecule has 0 unspecified atom stereocenters. The molecule has 1 aliphatic rings. The van der Waals surface area contributed by atoms with Gasteiger partial charge in [-0.2, -0.15) is 0 Å². The molecular formula is C20H29N. The molecule has 0 heterocycles. The summed E-state index contributed by atoms with van der Waals surface area (Å²) in [5, 5.41) is 0. The summed E-state index contributed by atoms with van der Waals surface area (Å²) in [6, 6.07) is 8.83. The van der Waals surface area contributed by atoms with E-state index in [1.54, 1.807) is 5.57 Å². The predicted octanol–water partition coefficient (Wildman–Crippen LogP) is 5.12. The summed E-state index contributed by atoms with van der Waals surface area (Å²) in [4.78, 5) is 0. The van der Waals surface area contributed by atoms with Gasteiger partial charge in [-0.25, -0.2) is 0 Å². The van der Waals surface area contributed by atoms with Gasteiger partial charge < -0.3 is 5.73 Å². The molecule has 1 aromatic rings. The van der Waals surface area contributed by atoms with Gasteiger partial charge in [-0.05, 0) is 67.7 Å². The molecule has 0 saturated heterocycles. The van der Waals surface area contributed by atoms with E-state index in [2.05, 4.69) is 57.2 Å². The Labute approximate surface area is 129 Å². The van der Waals surface area contributed by atoms with Crippen LogP contribution in [-0.2, 0) is 6.42 Å². The van der Waals surface area contributed by atoms with Crippen molar-refractivity contribution in [2.75, 3.05) is 6.54 Å². The van der Waals surface area contributed by atoms with Crippen LogP contribution in [0.5, 0.6) is 0 Å². The van der Waals surface area contributed by atoms with Crippen LogP contribution in [0.4, 0.5) is 0 Å². The van der Waals surface area contributed by atoms with Gasteiger partial charge in [0.05, 0.1) is 0 Å². The van der Waals surface area contributed by atoms with Crippen LogP contribution >= 0.6 is 0 Å². The molecule has 0 aromatic heterocycles. The number of hydrogen-bond donors (Lipinski definition) is 1. The number of aryl methyl sites for hydroxylation is 1. The quantitative estimate of drug-likeness (QED) is 0.797. The van der Waals surface area contributed by atoms with Crippen molar-refractivity contribution in [3.63, 3.8) is 0 Å². The maximum absolute atomic E-state index is 5.60. The zero-order valence-electron chi connectivity index (χ0n) is 13.8. The number of nitrogens with two attached hydrogens (primary N) is 1. The number of allylic oxidation sites excluding steroid dienone is 3. The lowest BCUT2D eigenvalue weighted by Crippen LogP contribution is -2.18. The zero-order chi connectivity index (χ0) is 15.3. The van der Waals surface area contributed by atoms with E-state index in [4.69, 9.17) is 5.73 Å². The Bertz CT molecular complexity index is 535. The first kappa shape index (κ1) is 16.0. The average Bonchev–Trinajstić information content (AvgIpc) is 2.44. The molecule has 1 aliphatic carbocycles. The molecule has 0 atom stereocenters. The van der Waals surface area contributed by atoms with E-state index >= 15 is 0 Å². The first-order valence-corrected chi connectivity index (χ1v) is 8.20. The molecule has 0 fully saturated rings. The van der Waals surface area contributed by atoms with Crippen LogP contribution in [0.2, 0.25) is 0 Å². The Morgan fingerprint density at radius 2 is 2.05 bits per heavy atom. The van der Waals surface area contributed by atoms with Gasteiger partial charge in [0.2, 0.25) is 0 Å². The lowest BCUT2D eigenvalue weighted by molar-refractivity contribution is 0.377. The highest BCUT2D eigenvalue weighted by molar-refractivity contribution is 5.55. The van der Waals surface area contributed by atoms with Gasteiger partial charge in [0.25, 0.3) is 0 Å². The average molecular weight is 283 g/mol. The first-order valence-electron chi connectivity index (χ1n) is 8.20. The molecule has 0 aliphatic heterocycles. The molecule has 21 heavy (non-hydrogen) atoms. The summed E-state index contributed by atoms with van der Waals surface area (Å²) >= 11 is 0. The van der Waals surface area contributed by atoms with Gasteiger partial charge in [0.15, 0.2) is 0 Å². The third kappa shape index (κ3) is 4.31. The van der Waals surface area contributed by atoms with Crippen molar-refractivity contribution in [1.29, 1.82) is 0 Å². The van der Waals surface area contributed by atoms with Crippen LogP contribution in [0.3, 0.4) is 0 Å². The number of hydrogen-bond acceptors (Lipinski definition) is 1. The van der Waals surface area contributed by atoms with Gasteiger partial charge in [-0.15, -0.1) is 0 Å². The highest BCUT2D eigenvalue weighted by Crippen LogP contribution is 2.40. The molecule has 1 heteroatoms. The molecule has 0 spiro atoms. The van der Waals surface area contributed by atoms with E-state index in [0.717, 1.165) is 19.4 Å². The second-order valence-corrected chi connectivity index (χ2v) is 6.90. The summed E-state index contributed by atoms with van der Waals surface area (Å²) in [6.45, 7) is 7.79. The van der Waals surface area contributed by atoms with Crippen molar-refractivity contribution in [3.05, 3.63) is 52.6 Å². The van der Waals surface area contributed by atoms with Crippen molar-refractivity contribution in [3.8, 4) is 0 Å². The number of rotatable bonds is 5. The summed E-state index contributed by atoms with van der Waals surface area (Å²) in [7, 11) is 0. The minimum atomic E-state index is 0.315. The monoisotopic (exact) mass is 283 g/mol. The van der Waals surface area contributed by atoms with Crippen molar-refractivity contribution in [2.24, 2.45) is 11.1 Å². The van der Waals surface area contributed by atoms with Crippen LogP contribution in [0.1, 0.15) is 57.6 Å². The van der Waals surface area contributed by atoms with Gasteiger partial charge in [0, 0.05) is 0 Å². The lowest BCUT2D eigenvalue weighted by Gasteiger charge is -2.32. The highest BCUT2D eigenvalue weighted by atomic mass is 14.5. The predicted molar refractivity (Wildman–Crippen MR) is 93.2 cm³/mol. The Balaban J connectivity index is 2.17. The largest absolute Gasteiger partial charge is 0.330 e. The normalized spacial score (nSPS) is 18.5. The fourth-order valence-corrected chi connectivity index (χ4v) is 3.35. The highest BCUT2D eigenvalue weighted by Gasteiger charge is 2.26. The Kier molecular flexibility index (Phi) is 5.41. The molecule has 0 radical (unpaired) electrons. The third-order valence-electron chi connectivity index (χ3n) is 4.61. The van der Waals surface area contributed by atoms with E-state index in [9.17, 15) is 0 Å². The topological polar surface area (TPSA) is 26.0 Å². The first-order chi connectivity index (χ1) is 10.0. The third-order valence-corrected chi connectivity index (χ3v) is 4.61. The molecule has 0 amide bonds. The van der Waals surface area contributed by atoms with E-state index < -0.39 is 0 Å². The minimum absolute atomic E-state index is 0.315. The van der Waals surface area contributed by atoms with E-state index in [1.807, 2.05) is 0 Å². The standard InChI is InChI=1S/C20H29N/c1-16-7-5-13-20(2,3)19(16)12-11-18-9-4-8-17(15-18)10-6-14-21/h4,8-9,11-12,15H,5-7,10,13-14,21H2,1-3H3. The molecular weight excluding hydrogens is 254 g/mol. The van der Waals surface area contributed by atoms with E-state index in [-0.39, 0.29) is 0 Å². The maximum atomic E-state index is 5.60.